The van der Waals surface area contributed by atoms with E-state index in [0.717, 1.165) is 22.6 Å². The Hall–Kier alpha value is -3.65. The monoisotopic (exact) mass is 599 g/mol. The van der Waals surface area contributed by atoms with Crippen molar-refractivity contribution in [2.24, 2.45) is 5.16 Å². The number of carboxylic acid groups (broad SMARTS) is 1. The largest absolute Gasteiger partial charge is 0.477 e. The van der Waals surface area contributed by atoms with Gasteiger partial charge in [0.05, 0.1) is 5.57 Å². The summed E-state index contributed by atoms with van der Waals surface area (Å²) in [6.45, 7) is 1.80. The number of nitrogen functional groups attached to an aromatic ring is 1. The van der Waals surface area contributed by atoms with Crippen molar-refractivity contribution >= 4 is 62.0 Å². The molecule has 6 N–H and O–H groups in total. The molecule has 2 aromatic heterocycles. The van der Waals surface area contributed by atoms with Crippen LogP contribution in [0, 0.1) is 0 Å². The Balaban J connectivity index is 1.62. The number of hydrogen-bond acceptors (Lipinski definition) is 13. The minimum Gasteiger partial charge on any atom is -0.477 e. The Morgan fingerprint density at radius 2 is 2.18 bits per heavy atom. The van der Waals surface area contributed by atoms with Crippen molar-refractivity contribution in [3.05, 3.63) is 41.6 Å². The maximum absolute atomic E-state index is 13.1. The third kappa shape index (κ3) is 5.57. The Labute approximate surface area is 229 Å². The molecular formula is C20H23N8O8S3+. The van der Waals surface area contributed by atoms with Crippen LogP contribution in [0.5, 0.6) is 0 Å². The van der Waals surface area contributed by atoms with Crippen molar-refractivity contribution in [1.82, 2.24) is 24.9 Å². The van der Waals surface area contributed by atoms with Gasteiger partial charge in [-0.15, -0.1) is 11.8 Å². The molecule has 4 rings (SSSR count). The number of carbonyl (C=O) groups excluding carboxylic acids is 2. The third-order valence-corrected chi connectivity index (χ3v) is 8.32. The zero-order valence-electron chi connectivity index (χ0n) is 20.3. The van der Waals surface area contributed by atoms with Gasteiger partial charge in [-0.25, -0.2) is 4.79 Å². The number of aromatic nitrogens is 3. The lowest BCUT2D eigenvalue weighted by Crippen LogP contribution is -2.71. The van der Waals surface area contributed by atoms with E-state index in [1.165, 1.54) is 41.7 Å². The Morgan fingerprint density at radius 3 is 2.77 bits per heavy atom. The number of fused-ring (bicyclic) bond motifs is 1. The van der Waals surface area contributed by atoms with Crippen LogP contribution in [0.25, 0.3) is 0 Å². The second-order valence-electron chi connectivity index (χ2n) is 8.01. The summed E-state index contributed by atoms with van der Waals surface area (Å²) in [5.41, 5.74) is 5.26. The summed E-state index contributed by atoms with van der Waals surface area (Å²) in [4.78, 5) is 48.0. The van der Waals surface area contributed by atoms with Crippen LogP contribution in [0.1, 0.15) is 18.9 Å². The number of β-lactam (4-membered cyclic amide) rings is 1. The fraction of sp³-hybridized carbons (Fsp3) is 0.350. The van der Waals surface area contributed by atoms with Crippen LogP contribution in [0.2, 0.25) is 0 Å². The van der Waals surface area contributed by atoms with Crippen LogP contribution in [-0.2, 0) is 29.3 Å². The third-order valence-electron chi connectivity index (χ3n) is 5.64. The lowest BCUT2D eigenvalue weighted by molar-refractivity contribution is -0.721. The number of oxime groups is 1. The molecule has 2 aliphatic rings. The summed E-state index contributed by atoms with van der Waals surface area (Å²) in [6, 6.07) is 1.48. The van der Waals surface area contributed by atoms with E-state index in [9.17, 15) is 32.5 Å². The molecule has 3 atom stereocenters. The molecule has 39 heavy (non-hydrogen) atoms. The molecule has 2 aliphatic heterocycles. The van der Waals surface area contributed by atoms with Crippen molar-refractivity contribution in [2.75, 3.05) is 25.1 Å². The zero-order chi connectivity index (χ0) is 28.5. The normalized spacial score (nSPS) is 20.2. The Morgan fingerprint density at radius 1 is 1.44 bits per heavy atom. The molecule has 208 valence electrons. The topological polar surface area (TPSA) is 230 Å². The second kappa shape index (κ2) is 11.2. The fourth-order valence-corrected chi connectivity index (χ4v) is 6.31. The van der Waals surface area contributed by atoms with Crippen LogP contribution in [0.3, 0.4) is 0 Å². The van der Waals surface area contributed by atoms with E-state index in [4.69, 9.17) is 10.6 Å². The highest BCUT2D eigenvalue weighted by molar-refractivity contribution is 8.00. The molecule has 1 saturated heterocycles. The number of nitrogens with two attached hydrogens (primary N) is 1. The number of carboxylic acids is 1. The number of nitrogens with one attached hydrogen (secondary N) is 2. The number of thioether (sulfide) groups is 1. The van der Waals surface area contributed by atoms with Gasteiger partial charge in [-0.05, 0) is 20.0 Å². The number of nitrogens with zero attached hydrogens (tertiary/aromatic N) is 5. The summed E-state index contributed by atoms with van der Waals surface area (Å²) in [5, 5.41) is 18.6. The van der Waals surface area contributed by atoms with Crippen LogP contribution < -0.4 is 20.9 Å². The van der Waals surface area contributed by atoms with E-state index in [1.807, 2.05) is 0 Å². The van der Waals surface area contributed by atoms with Crippen molar-refractivity contribution in [1.29, 1.82) is 0 Å². The van der Waals surface area contributed by atoms with Gasteiger partial charge in [0.15, 0.2) is 22.4 Å². The number of pyridine rings is 1. The molecule has 2 amide bonds. The molecule has 0 spiro atoms. The summed E-state index contributed by atoms with van der Waals surface area (Å²) >= 11 is 2.05. The highest BCUT2D eigenvalue weighted by Crippen LogP contribution is 2.42. The second-order valence-corrected chi connectivity index (χ2v) is 11.3. The molecule has 1 fully saturated rings. The molecule has 0 bridgehead atoms. The van der Waals surface area contributed by atoms with E-state index in [1.54, 1.807) is 6.92 Å². The number of likely N-dealkylation sites (N-methyl/N-ethyl adjacent to an activating group) is 1. The van der Waals surface area contributed by atoms with Gasteiger partial charge in [0.25, 0.3) is 21.9 Å². The summed E-state index contributed by atoms with van der Waals surface area (Å²) in [5.74, 6) is -2.85. The van der Waals surface area contributed by atoms with E-state index < -0.39 is 50.4 Å². The highest BCUT2D eigenvalue weighted by atomic mass is 32.2. The zero-order valence-corrected chi connectivity index (χ0v) is 22.8. The van der Waals surface area contributed by atoms with Crippen molar-refractivity contribution in [2.45, 2.75) is 29.4 Å². The molecular weight excluding hydrogens is 576 g/mol. The van der Waals surface area contributed by atoms with Crippen molar-refractivity contribution in [3.63, 3.8) is 0 Å². The van der Waals surface area contributed by atoms with Gasteiger partial charge in [0, 0.05) is 23.4 Å². The van der Waals surface area contributed by atoms with Gasteiger partial charge in [-0.2, -0.15) is 22.3 Å². The average Bonchev–Trinajstić information content (AvgIpc) is 3.32. The van der Waals surface area contributed by atoms with E-state index >= 15 is 0 Å². The number of carbonyl (C=O) groups is 3. The molecule has 19 heteroatoms. The Kier molecular flexibility index (Phi) is 8.16. The predicted molar refractivity (Wildman–Crippen MR) is 137 cm³/mol. The highest BCUT2D eigenvalue weighted by Gasteiger charge is 2.56. The van der Waals surface area contributed by atoms with Gasteiger partial charge in [0.1, 0.15) is 23.7 Å². The first-order valence-corrected chi connectivity index (χ1v) is 14.4. The van der Waals surface area contributed by atoms with Crippen molar-refractivity contribution < 1.29 is 41.9 Å². The molecule has 0 radical (unpaired) electrons. The van der Waals surface area contributed by atoms with Crippen LogP contribution in [0.4, 0.5) is 5.13 Å². The molecule has 0 saturated carbocycles. The number of rotatable bonds is 10. The molecule has 2 aromatic rings. The summed E-state index contributed by atoms with van der Waals surface area (Å²) in [6.07, 6.45) is 1.75. The summed E-state index contributed by atoms with van der Waals surface area (Å²) < 4.78 is 38.0. The Bertz CT molecular complexity index is 1490. The van der Waals surface area contributed by atoms with Gasteiger partial charge < -0.3 is 21.0 Å². The number of amides is 2. The smallest absolute Gasteiger partial charge is 0.352 e. The lowest BCUT2D eigenvalue weighted by atomic mass is 10.0. The minimum absolute atomic E-state index is 0.0854. The molecule has 0 aliphatic carbocycles. The van der Waals surface area contributed by atoms with Gasteiger partial charge >= 0.3 is 5.97 Å². The maximum atomic E-state index is 13.1. The first-order valence-electron chi connectivity index (χ1n) is 11.1. The number of anilines is 1. The van der Waals surface area contributed by atoms with Gasteiger partial charge in [-0.3, -0.25) is 24.4 Å². The molecule has 2 unspecified atom stereocenters. The minimum atomic E-state index is -4.52. The standard InChI is InChI=1S/C20H22N8O8S3/c1-3-36-25-11(14-24-20(21)38-26-14)16(29)23-12-17(30)28-13(19(31)32)10(8-37-18(12)28)15(22-2)27-6-4-5-9(7-27)39(33,34)35/h4-7,12,15,18,22H,3,8H2,1-2H3,(H4-,21,23,24,26,29,31,32,33,34,35)/p+1/t12?,15?,18-/m1/s1. The predicted octanol–water partition coefficient (Wildman–Crippen LogP) is -1.45. The first-order chi connectivity index (χ1) is 18.5. The average molecular weight is 600 g/mol. The molecule has 4 heterocycles. The SMILES string of the molecule is CCON=C(C(=O)NC1C(=O)N2C(C(=O)O)=C(C(NC)[n+]3cccc(S(=O)(=O)O)c3)CS[C@H]12)c1nsc(N)n1. The van der Waals surface area contributed by atoms with Gasteiger partial charge in [-0.1, -0.05) is 5.16 Å². The van der Waals surface area contributed by atoms with Crippen molar-refractivity contribution in [3.8, 4) is 0 Å². The van der Waals surface area contributed by atoms with Crippen LogP contribution in [-0.4, -0.2) is 86.7 Å². The maximum Gasteiger partial charge on any atom is 0.352 e. The summed E-state index contributed by atoms with van der Waals surface area (Å²) in [7, 11) is -2.99. The van der Waals surface area contributed by atoms with E-state index in [0.29, 0.717) is 0 Å². The first kappa shape index (κ1) is 28.4. The van der Waals surface area contributed by atoms with Gasteiger partial charge in [0.2, 0.25) is 17.7 Å². The number of aliphatic carboxylic acids is 1. The van der Waals surface area contributed by atoms with Crippen LogP contribution in [0.15, 0.2) is 45.8 Å². The number of hydrogen-bond donors (Lipinski definition) is 5. The molecule has 0 aromatic carbocycles. The fourth-order valence-electron chi connectivity index (χ4n) is 3.99. The quantitative estimate of drug-likeness (QED) is 0.0693. The van der Waals surface area contributed by atoms with E-state index in [2.05, 4.69) is 25.1 Å². The molecule has 16 nitrogen and oxygen atoms in total. The van der Waals surface area contributed by atoms with E-state index in [-0.39, 0.29) is 40.3 Å². The van der Waals surface area contributed by atoms with Crippen LogP contribution >= 0.6 is 23.3 Å². The lowest BCUT2D eigenvalue weighted by Gasteiger charge is -2.49.